The van der Waals surface area contributed by atoms with Crippen molar-refractivity contribution in [3.63, 3.8) is 0 Å². The normalized spacial score (nSPS) is 14.9. The van der Waals surface area contributed by atoms with Gasteiger partial charge in [0.05, 0.1) is 6.20 Å². The zero-order valence-electron chi connectivity index (χ0n) is 15.9. The number of hydrogen-bond donors (Lipinski definition) is 2. The van der Waals surface area contributed by atoms with Gasteiger partial charge in [0.1, 0.15) is 23.2 Å². The van der Waals surface area contributed by atoms with E-state index >= 15 is 0 Å². The summed E-state index contributed by atoms with van der Waals surface area (Å²) < 4.78 is 13.3. The average molecular weight is 386 g/mol. The third kappa shape index (κ3) is 4.27. The van der Waals surface area contributed by atoms with Crippen LogP contribution in [-0.4, -0.2) is 46.1 Å². The summed E-state index contributed by atoms with van der Waals surface area (Å²) in [7, 11) is 0. The molecule has 1 aliphatic rings. The van der Waals surface area contributed by atoms with Crippen molar-refractivity contribution >= 4 is 17.7 Å². The molecule has 1 aromatic heterocycles. The summed E-state index contributed by atoms with van der Waals surface area (Å²) in [5.41, 5.74) is 1.14. The summed E-state index contributed by atoms with van der Waals surface area (Å²) in [4.78, 5) is 34.9. The molecule has 2 N–H and O–H groups in total. The lowest BCUT2D eigenvalue weighted by atomic mass is 10.0. The first-order valence-corrected chi connectivity index (χ1v) is 9.28. The molecule has 0 spiro atoms. The van der Waals surface area contributed by atoms with Gasteiger partial charge in [-0.2, -0.15) is 0 Å². The molecule has 1 fully saturated rings. The number of nitrogens with one attached hydrogen (secondary N) is 1. The molecule has 1 atom stereocenters. The zero-order chi connectivity index (χ0) is 20.3. The van der Waals surface area contributed by atoms with Crippen LogP contribution in [0.3, 0.4) is 0 Å². The number of carboxylic acid groups (broad SMARTS) is 1. The fourth-order valence-corrected chi connectivity index (χ4v) is 3.18. The molecule has 2 heterocycles. The Balaban J connectivity index is 1.97. The van der Waals surface area contributed by atoms with Gasteiger partial charge in [0.25, 0.3) is 5.91 Å². The van der Waals surface area contributed by atoms with Crippen LogP contribution in [0.15, 0.2) is 30.5 Å². The van der Waals surface area contributed by atoms with E-state index < -0.39 is 17.9 Å². The quantitative estimate of drug-likeness (QED) is 0.793. The Kier molecular flexibility index (Phi) is 5.87. The van der Waals surface area contributed by atoms with Gasteiger partial charge in [-0.25, -0.2) is 19.2 Å². The lowest BCUT2D eigenvalue weighted by Gasteiger charge is -2.21. The summed E-state index contributed by atoms with van der Waals surface area (Å²) >= 11 is 0. The summed E-state index contributed by atoms with van der Waals surface area (Å²) in [6.45, 7) is 5.10. The molecule has 28 heavy (non-hydrogen) atoms. The van der Waals surface area contributed by atoms with E-state index in [0.29, 0.717) is 17.1 Å². The summed E-state index contributed by atoms with van der Waals surface area (Å²) in [5, 5.41) is 11.8. The van der Waals surface area contributed by atoms with Gasteiger partial charge in [-0.3, -0.25) is 4.79 Å². The van der Waals surface area contributed by atoms with E-state index in [9.17, 15) is 19.1 Å². The number of carboxylic acids is 1. The van der Waals surface area contributed by atoms with Crippen molar-refractivity contribution in [3.05, 3.63) is 42.0 Å². The van der Waals surface area contributed by atoms with Crippen molar-refractivity contribution in [1.82, 2.24) is 15.3 Å². The molecule has 7 nitrogen and oxygen atoms in total. The number of anilines is 1. The Hall–Kier alpha value is -3.03. The molecule has 3 rings (SSSR count). The minimum atomic E-state index is -1.11. The molecule has 148 valence electrons. The van der Waals surface area contributed by atoms with Gasteiger partial charge in [-0.05, 0) is 43.0 Å². The van der Waals surface area contributed by atoms with Crippen LogP contribution in [-0.2, 0) is 4.79 Å². The Bertz CT molecular complexity index is 864. The minimum absolute atomic E-state index is 0.0224. The van der Waals surface area contributed by atoms with E-state index in [1.54, 1.807) is 26.0 Å². The molecule has 0 aliphatic carbocycles. The van der Waals surface area contributed by atoms with Gasteiger partial charge in [0, 0.05) is 18.7 Å². The number of carbonyl (C=O) groups is 2. The van der Waals surface area contributed by atoms with Crippen LogP contribution in [0, 0.1) is 11.7 Å². The number of rotatable bonds is 6. The van der Waals surface area contributed by atoms with Crippen LogP contribution in [0.2, 0.25) is 0 Å². The number of aliphatic carboxylic acids is 1. The third-order valence-corrected chi connectivity index (χ3v) is 4.73. The monoisotopic (exact) mass is 386 g/mol. The fraction of sp³-hybridized carbons (Fsp3) is 0.400. The number of halogens is 1. The first-order valence-electron chi connectivity index (χ1n) is 9.28. The van der Waals surface area contributed by atoms with E-state index in [2.05, 4.69) is 20.2 Å². The Morgan fingerprint density at radius 3 is 2.39 bits per heavy atom. The molecule has 2 aromatic rings. The lowest BCUT2D eigenvalue weighted by molar-refractivity contribution is -0.140. The Morgan fingerprint density at radius 2 is 1.82 bits per heavy atom. The summed E-state index contributed by atoms with van der Waals surface area (Å²) in [6.07, 6.45) is 3.44. The fourth-order valence-electron chi connectivity index (χ4n) is 3.18. The molecule has 8 heteroatoms. The minimum Gasteiger partial charge on any atom is -0.480 e. The number of hydrogen-bond acceptors (Lipinski definition) is 5. The highest BCUT2D eigenvalue weighted by molar-refractivity contribution is 5.95. The third-order valence-electron chi connectivity index (χ3n) is 4.73. The van der Waals surface area contributed by atoms with Gasteiger partial charge >= 0.3 is 5.97 Å². The van der Waals surface area contributed by atoms with Crippen molar-refractivity contribution in [2.24, 2.45) is 5.92 Å². The first-order chi connectivity index (χ1) is 13.4. The molecule has 1 aromatic carbocycles. The Labute approximate surface area is 162 Å². The van der Waals surface area contributed by atoms with Crippen molar-refractivity contribution in [3.8, 4) is 11.3 Å². The topological polar surface area (TPSA) is 95.4 Å². The van der Waals surface area contributed by atoms with Crippen LogP contribution < -0.4 is 10.2 Å². The molecule has 1 saturated heterocycles. The maximum atomic E-state index is 13.3. The molecular weight excluding hydrogens is 363 g/mol. The first kappa shape index (κ1) is 19.7. The SMILES string of the molecule is CC(C)[C@@H](NC(=O)c1cnc(N2CCCC2)c(-c2ccc(F)cc2)n1)C(=O)O. The standard InChI is InChI=1S/C20H23FN4O3/c1-12(2)16(20(27)28)24-19(26)15-11-22-18(25-9-3-4-10-25)17(23-15)13-5-7-14(21)8-6-13/h5-8,11-12,16H,3-4,9-10H2,1-2H3,(H,24,26)(H,27,28)/t16-/m1/s1. The number of amides is 1. The average Bonchev–Trinajstić information content (AvgIpc) is 3.20. The van der Waals surface area contributed by atoms with Crippen LogP contribution >= 0.6 is 0 Å². The number of carbonyl (C=O) groups excluding carboxylic acids is 1. The number of aromatic nitrogens is 2. The number of benzene rings is 1. The summed E-state index contributed by atoms with van der Waals surface area (Å²) in [5.74, 6) is -1.72. The Morgan fingerprint density at radius 1 is 1.18 bits per heavy atom. The van der Waals surface area contributed by atoms with Crippen molar-refractivity contribution in [2.75, 3.05) is 18.0 Å². The molecule has 0 radical (unpaired) electrons. The lowest BCUT2D eigenvalue weighted by Crippen LogP contribution is -2.44. The van der Waals surface area contributed by atoms with Gasteiger partial charge in [0.15, 0.2) is 5.82 Å². The van der Waals surface area contributed by atoms with Crippen molar-refractivity contribution in [1.29, 1.82) is 0 Å². The molecule has 0 bridgehead atoms. The van der Waals surface area contributed by atoms with Crippen LogP contribution in [0.4, 0.5) is 10.2 Å². The van der Waals surface area contributed by atoms with Crippen LogP contribution in [0.25, 0.3) is 11.3 Å². The molecule has 1 aliphatic heterocycles. The second kappa shape index (κ2) is 8.33. The number of nitrogens with zero attached hydrogens (tertiary/aromatic N) is 3. The van der Waals surface area contributed by atoms with Crippen molar-refractivity contribution in [2.45, 2.75) is 32.7 Å². The van der Waals surface area contributed by atoms with E-state index in [1.165, 1.54) is 18.3 Å². The van der Waals surface area contributed by atoms with Gasteiger partial charge in [0.2, 0.25) is 0 Å². The predicted molar refractivity (Wildman–Crippen MR) is 103 cm³/mol. The van der Waals surface area contributed by atoms with E-state index in [1.807, 2.05) is 0 Å². The highest BCUT2D eigenvalue weighted by atomic mass is 19.1. The molecule has 0 unspecified atom stereocenters. The maximum Gasteiger partial charge on any atom is 0.326 e. The van der Waals surface area contributed by atoms with Crippen LogP contribution in [0.5, 0.6) is 0 Å². The predicted octanol–water partition coefficient (Wildman–Crippen LogP) is 2.72. The van der Waals surface area contributed by atoms with Gasteiger partial charge < -0.3 is 15.3 Å². The summed E-state index contributed by atoms with van der Waals surface area (Å²) in [6, 6.07) is 4.82. The second-order valence-corrected chi connectivity index (χ2v) is 7.16. The van der Waals surface area contributed by atoms with Gasteiger partial charge in [-0.15, -0.1) is 0 Å². The smallest absolute Gasteiger partial charge is 0.326 e. The van der Waals surface area contributed by atoms with E-state index in [-0.39, 0.29) is 17.4 Å². The van der Waals surface area contributed by atoms with E-state index in [0.717, 1.165) is 25.9 Å². The van der Waals surface area contributed by atoms with E-state index in [4.69, 9.17) is 0 Å². The van der Waals surface area contributed by atoms with Crippen molar-refractivity contribution < 1.29 is 19.1 Å². The van der Waals surface area contributed by atoms with Crippen LogP contribution in [0.1, 0.15) is 37.2 Å². The molecule has 0 saturated carbocycles. The molecule has 1 amide bonds. The highest BCUT2D eigenvalue weighted by Gasteiger charge is 2.26. The zero-order valence-corrected chi connectivity index (χ0v) is 15.9. The highest BCUT2D eigenvalue weighted by Crippen LogP contribution is 2.29. The maximum absolute atomic E-state index is 13.3. The van der Waals surface area contributed by atoms with Gasteiger partial charge in [-0.1, -0.05) is 13.8 Å². The largest absolute Gasteiger partial charge is 0.480 e. The molecular formula is C20H23FN4O3. The second-order valence-electron chi connectivity index (χ2n) is 7.16.